The van der Waals surface area contributed by atoms with Crippen LogP contribution in [0.3, 0.4) is 0 Å². The molecule has 25 heavy (non-hydrogen) atoms. The normalized spacial score (nSPS) is 21.7. The summed E-state index contributed by atoms with van der Waals surface area (Å²) in [7, 11) is 4.01. The number of carbonyl (C=O) groups is 1. The highest BCUT2D eigenvalue weighted by molar-refractivity contribution is 5.88. The van der Waals surface area contributed by atoms with Gasteiger partial charge in [-0.15, -0.1) is 0 Å². The van der Waals surface area contributed by atoms with E-state index in [1.54, 1.807) is 6.08 Å². The first-order valence-electron chi connectivity index (χ1n) is 9.43. The summed E-state index contributed by atoms with van der Waals surface area (Å²) in [6, 6.07) is 6.40. The van der Waals surface area contributed by atoms with Crippen molar-refractivity contribution >= 4 is 5.91 Å². The van der Waals surface area contributed by atoms with Crippen LogP contribution in [0.5, 0.6) is 0 Å². The summed E-state index contributed by atoms with van der Waals surface area (Å²) in [4.78, 5) is 23.9. The summed E-state index contributed by atoms with van der Waals surface area (Å²) in [6.45, 7) is 4.89. The van der Waals surface area contributed by atoms with E-state index in [0.29, 0.717) is 0 Å². The molecule has 3 heterocycles. The third kappa shape index (κ3) is 4.89. The van der Waals surface area contributed by atoms with Gasteiger partial charge in [-0.1, -0.05) is 12.1 Å². The molecule has 2 aliphatic heterocycles. The van der Waals surface area contributed by atoms with Crippen LogP contribution in [0.1, 0.15) is 43.1 Å². The average molecular weight is 342 g/mol. The smallest absolute Gasteiger partial charge is 0.246 e. The van der Waals surface area contributed by atoms with Crippen LogP contribution in [-0.2, 0) is 11.3 Å². The Bertz CT molecular complexity index is 607. The Balaban J connectivity index is 1.67. The highest BCUT2D eigenvalue weighted by atomic mass is 16.2. The van der Waals surface area contributed by atoms with Crippen LogP contribution < -0.4 is 0 Å². The first-order valence-corrected chi connectivity index (χ1v) is 9.43. The van der Waals surface area contributed by atoms with Crippen molar-refractivity contribution in [2.75, 3.05) is 40.3 Å². The highest BCUT2D eigenvalue weighted by Gasteiger charge is 2.29. The van der Waals surface area contributed by atoms with Gasteiger partial charge in [0.25, 0.3) is 0 Å². The molecule has 2 aliphatic rings. The monoisotopic (exact) mass is 342 g/mol. The fourth-order valence-electron chi connectivity index (χ4n) is 3.74. The number of hydrogen-bond donors (Lipinski definition) is 0. The van der Waals surface area contributed by atoms with Crippen LogP contribution in [0.25, 0.3) is 0 Å². The van der Waals surface area contributed by atoms with E-state index in [9.17, 15) is 4.79 Å². The molecule has 2 saturated heterocycles. The van der Waals surface area contributed by atoms with Gasteiger partial charge >= 0.3 is 0 Å². The van der Waals surface area contributed by atoms with Crippen molar-refractivity contribution < 1.29 is 4.79 Å². The molecule has 0 aromatic carbocycles. The lowest BCUT2D eigenvalue weighted by Gasteiger charge is -2.24. The van der Waals surface area contributed by atoms with Gasteiger partial charge in [0.05, 0.1) is 17.4 Å². The van der Waals surface area contributed by atoms with Crippen molar-refractivity contribution in [3.63, 3.8) is 0 Å². The maximum Gasteiger partial charge on any atom is 0.246 e. The topological polar surface area (TPSA) is 39.7 Å². The molecule has 0 aliphatic carbocycles. The SMILES string of the molecule is CN(C)C/C=C/C(=O)N1CCCC1c1cccc(CN2CCCC2)n1. The van der Waals surface area contributed by atoms with Gasteiger partial charge in [-0.3, -0.25) is 14.7 Å². The molecule has 0 N–H and O–H groups in total. The molecular formula is C20H30N4O. The highest BCUT2D eigenvalue weighted by Crippen LogP contribution is 2.31. The third-order valence-corrected chi connectivity index (χ3v) is 5.02. The van der Waals surface area contributed by atoms with Crippen molar-refractivity contribution in [1.29, 1.82) is 0 Å². The predicted octanol–water partition coefficient (Wildman–Crippen LogP) is 2.46. The number of pyridine rings is 1. The molecule has 0 radical (unpaired) electrons. The average Bonchev–Trinajstić information content (AvgIpc) is 3.26. The zero-order valence-electron chi connectivity index (χ0n) is 15.5. The minimum absolute atomic E-state index is 0.107. The number of nitrogens with zero attached hydrogens (tertiary/aromatic N) is 4. The van der Waals surface area contributed by atoms with Crippen molar-refractivity contribution in [1.82, 2.24) is 19.7 Å². The molecule has 1 atom stereocenters. The van der Waals surface area contributed by atoms with E-state index >= 15 is 0 Å². The number of likely N-dealkylation sites (tertiary alicyclic amines) is 2. The van der Waals surface area contributed by atoms with Gasteiger partial charge in [0, 0.05) is 25.7 Å². The molecule has 2 fully saturated rings. The lowest BCUT2D eigenvalue weighted by Crippen LogP contribution is -2.30. The molecule has 136 valence electrons. The van der Waals surface area contributed by atoms with E-state index in [1.165, 1.54) is 25.9 Å². The molecule has 0 spiro atoms. The zero-order valence-corrected chi connectivity index (χ0v) is 15.5. The van der Waals surface area contributed by atoms with Gasteiger partial charge in [-0.05, 0) is 65.0 Å². The molecule has 1 aromatic heterocycles. The van der Waals surface area contributed by atoms with E-state index in [0.717, 1.165) is 43.9 Å². The van der Waals surface area contributed by atoms with Crippen LogP contribution in [0, 0.1) is 0 Å². The van der Waals surface area contributed by atoms with Crippen LogP contribution in [0.2, 0.25) is 0 Å². The Labute approximate surface area is 151 Å². The molecule has 5 heteroatoms. The largest absolute Gasteiger partial charge is 0.331 e. The summed E-state index contributed by atoms with van der Waals surface area (Å²) in [6.07, 6.45) is 8.30. The van der Waals surface area contributed by atoms with Gasteiger partial charge in [-0.25, -0.2) is 0 Å². The van der Waals surface area contributed by atoms with Gasteiger partial charge in [0.1, 0.15) is 0 Å². The van der Waals surface area contributed by atoms with Crippen LogP contribution >= 0.6 is 0 Å². The Morgan fingerprint density at radius 1 is 1.24 bits per heavy atom. The van der Waals surface area contributed by atoms with Gasteiger partial charge < -0.3 is 9.80 Å². The number of likely N-dealkylation sites (N-methyl/N-ethyl adjacent to an activating group) is 1. The van der Waals surface area contributed by atoms with E-state index in [4.69, 9.17) is 4.98 Å². The summed E-state index contributed by atoms with van der Waals surface area (Å²) >= 11 is 0. The molecule has 1 unspecified atom stereocenters. The predicted molar refractivity (Wildman–Crippen MR) is 100 cm³/mol. The molecule has 0 bridgehead atoms. The standard InChI is InChI=1S/C20H30N4O/c1-22(2)12-7-11-20(25)24-15-6-10-19(24)18-9-5-8-17(21-18)16-23-13-3-4-14-23/h5,7-9,11,19H,3-4,6,10,12-16H2,1-2H3/b11-7+. The van der Waals surface area contributed by atoms with Crippen molar-refractivity contribution in [3.05, 3.63) is 41.7 Å². The molecule has 0 saturated carbocycles. The maximum absolute atomic E-state index is 12.6. The number of carbonyl (C=O) groups excluding carboxylic acids is 1. The Hall–Kier alpha value is -1.72. The van der Waals surface area contributed by atoms with Crippen molar-refractivity contribution in [2.24, 2.45) is 0 Å². The zero-order chi connectivity index (χ0) is 17.6. The van der Waals surface area contributed by atoms with E-state index in [2.05, 4.69) is 28.0 Å². The fourth-order valence-corrected chi connectivity index (χ4v) is 3.74. The molecule has 5 nitrogen and oxygen atoms in total. The second-order valence-corrected chi connectivity index (χ2v) is 7.39. The second-order valence-electron chi connectivity index (χ2n) is 7.39. The van der Waals surface area contributed by atoms with Crippen LogP contribution in [-0.4, -0.2) is 65.9 Å². The summed E-state index contributed by atoms with van der Waals surface area (Å²) < 4.78 is 0. The molecule has 1 aromatic rings. The number of rotatable bonds is 6. The maximum atomic E-state index is 12.6. The Morgan fingerprint density at radius 2 is 2.04 bits per heavy atom. The molecule has 1 amide bonds. The van der Waals surface area contributed by atoms with Gasteiger partial charge in [-0.2, -0.15) is 0 Å². The number of hydrogen-bond acceptors (Lipinski definition) is 4. The first kappa shape index (κ1) is 18.1. The van der Waals surface area contributed by atoms with E-state index < -0.39 is 0 Å². The fraction of sp³-hybridized carbons (Fsp3) is 0.600. The summed E-state index contributed by atoms with van der Waals surface area (Å²) in [5, 5.41) is 0. The Morgan fingerprint density at radius 3 is 2.80 bits per heavy atom. The van der Waals surface area contributed by atoms with Crippen LogP contribution in [0.4, 0.5) is 0 Å². The lowest BCUT2D eigenvalue weighted by molar-refractivity contribution is -0.127. The van der Waals surface area contributed by atoms with Gasteiger partial charge in [0.15, 0.2) is 0 Å². The van der Waals surface area contributed by atoms with Crippen LogP contribution in [0.15, 0.2) is 30.4 Å². The van der Waals surface area contributed by atoms with Crippen molar-refractivity contribution in [2.45, 2.75) is 38.3 Å². The minimum atomic E-state index is 0.107. The summed E-state index contributed by atoms with van der Waals surface area (Å²) in [5.41, 5.74) is 2.17. The van der Waals surface area contributed by atoms with Gasteiger partial charge in [0.2, 0.25) is 5.91 Å². The Kier molecular flexibility index (Phi) is 6.21. The second kappa shape index (κ2) is 8.59. The lowest BCUT2D eigenvalue weighted by atomic mass is 10.1. The number of aromatic nitrogens is 1. The van der Waals surface area contributed by atoms with E-state index in [1.807, 2.05) is 25.1 Å². The quantitative estimate of drug-likeness (QED) is 0.745. The van der Waals surface area contributed by atoms with E-state index in [-0.39, 0.29) is 11.9 Å². The molecule has 3 rings (SSSR count). The number of amides is 1. The minimum Gasteiger partial charge on any atom is -0.331 e. The molecular weight excluding hydrogens is 312 g/mol. The van der Waals surface area contributed by atoms with Crippen molar-refractivity contribution in [3.8, 4) is 0 Å². The summed E-state index contributed by atoms with van der Waals surface area (Å²) in [5.74, 6) is 0.107. The third-order valence-electron chi connectivity index (χ3n) is 5.02. The first-order chi connectivity index (χ1) is 12.1.